The molecular formula is C16H30N2O3. The Hall–Kier alpha value is -1.26. The quantitative estimate of drug-likeness (QED) is 0.791. The SMILES string of the molecule is CCC1(CC)CCN(C(=O)N[C@H](CC(C)C)C(=O)O)CC1. The number of rotatable bonds is 6. The number of hydrogen-bond acceptors (Lipinski definition) is 2. The van der Waals surface area contributed by atoms with Gasteiger partial charge in [0.25, 0.3) is 0 Å². The molecule has 5 nitrogen and oxygen atoms in total. The van der Waals surface area contributed by atoms with E-state index in [-0.39, 0.29) is 11.9 Å². The van der Waals surface area contributed by atoms with Crippen LogP contribution in [0.3, 0.4) is 0 Å². The monoisotopic (exact) mass is 298 g/mol. The third-order valence-electron chi connectivity index (χ3n) is 4.91. The first-order chi connectivity index (χ1) is 9.83. The lowest BCUT2D eigenvalue weighted by molar-refractivity contribution is -0.139. The Morgan fingerprint density at radius 1 is 1.19 bits per heavy atom. The fraction of sp³-hybridized carbons (Fsp3) is 0.875. The number of aliphatic carboxylic acids is 1. The first-order valence-electron chi connectivity index (χ1n) is 8.11. The van der Waals surface area contributed by atoms with Crippen molar-refractivity contribution in [2.24, 2.45) is 11.3 Å². The number of carboxylic acids is 1. The van der Waals surface area contributed by atoms with E-state index in [9.17, 15) is 14.7 Å². The van der Waals surface area contributed by atoms with Gasteiger partial charge in [0.15, 0.2) is 0 Å². The molecule has 2 N–H and O–H groups in total. The maximum Gasteiger partial charge on any atom is 0.326 e. The maximum atomic E-state index is 12.2. The first-order valence-corrected chi connectivity index (χ1v) is 8.11. The molecular weight excluding hydrogens is 268 g/mol. The number of nitrogens with one attached hydrogen (secondary N) is 1. The minimum Gasteiger partial charge on any atom is -0.480 e. The van der Waals surface area contributed by atoms with E-state index in [0.29, 0.717) is 11.8 Å². The van der Waals surface area contributed by atoms with E-state index in [0.717, 1.165) is 38.8 Å². The number of urea groups is 1. The van der Waals surface area contributed by atoms with Gasteiger partial charge in [0, 0.05) is 13.1 Å². The first kappa shape index (κ1) is 17.8. The molecule has 122 valence electrons. The van der Waals surface area contributed by atoms with Crippen molar-refractivity contribution in [1.82, 2.24) is 10.2 Å². The Morgan fingerprint density at radius 3 is 2.10 bits per heavy atom. The topological polar surface area (TPSA) is 69.6 Å². The number of carboxylic acid groups (broad SMARTS) is 1. The van der Waals surface area contributed by atoms with E-state index in [2.05, 4.69) is 19.2 Å². The highest BCUT2D eigenvalue weighted by atomic mass is 16.4. The van der Waals surface area contributed by atoms with Crippen molar-refractivity contribution in [3.05, 3.63) is 0 Å². The molecule has 0 aliphatic carbocycles. The number of nitrogens with zero attached hydrogens (tertiary/aromatic N) is 1. The minimum atomic E-state index is -0.953. The van der Waals surface area contributed by atoms with E-state index < -0.39 is 12.0 Å². The van der Waals surface area contributed by atoms with Gasteiger partial charge in [-0.25, -0.2) is 9.59 Å². The molecule has 0 spiro atoms. The molecule has 2 amide bonds. The molecule has 1 atom stereocenters. The van der Waals surface area contributed by atoms with Crippen LogP contribution in [-0.2, 0) is 4.79 Å². The van der Waals surface area contributed by atoms with Crippen molar-refractivity contribution in [3.63, 3.8) is 0 Å². The van der Waals surface area contributed by atoms with Gasteiger partial charge in [-0.1, -0.05) is 40.5 Å². The second kappa shape index (κ2) is 7.66. The van der Waals surface area contributed by atoms with Crippen LogP contribution in [0.25, 0.3) is 0 Å². The normalized spacial score (nSPS) is 19.4. The third-order valence-corrected chi connectivity index (χ3v) is 4.91. The average Bonchev–Trinajstić information content (AvgIpc) is 2.46. The Labute approximate surface area is 128 Å². The van der Waals surface area contributed by atoms with Crippen molar-refractivity contribution >= 4 is 12.0 Å². The third kappa shape index (κ3) is 4.90. The Morgan fingerprint density at radius 2 is 1.71 bits per heavy atom. The molecule has 0 saturated carbocycles. The summed E-state index contributed by atoms with van der Waals surface area (Å²) >= 11 is 0. The van der Waals surface area contributed by atoms with E-state index in [1.807, 2.05) is 13.8 Å². The van der Waals surface area contributed by atoms with E-state index in [1.165, 1.54) is 0 Å². The lowest BCUT2D eigenvalue weighted by Crippen LogP contribution is -2.51. The Balaban J connectivity index is 2.55. The molecule has 0 aromatic heterocycles. The molecule has 0 bridgehead atoms. The number of carbonyl (C=O) groups excluding carboxylic acids is 1. The highest BCUT2D eigenvalue weighted by molar-refractivity contribution is 5.82. The van der Waals surface area contributed by atoms with Crippen molar-refractivity contribution < 1.29 is 14.7 Å². The summed E-state index contributed by atoms with van der Waals surface area (Å²) in [5, 5.41) is 11.9. The molecule has 1 heterocycles. The number of hydrogen-bond donors (Lipinski definition) is 2. The molecule has 1 fully saturated rings. The fourth-order valence-corrected chi connectivity index (χ4v) is 3.07. The number of likely N-dealkylation sites (tertiary alicyclic amines) is 1. The van der Waals surface area contributed by atoms with Gasteiger partial charge in [-0.3, -0.25) is 0 Å². The van der Waals surface area contributed by atoms with E-state index in [4.69, 9.17) is 0 Å². The van der Waals surface area contributed by atoms with Crippen LogP contribution in [0.15, 0.2) is 0 Å². The predicted molar refractivity (Wildman–Crippen MR) is 83.2 cm³/mol. The van der Waals surface area contributed by atoms with Crippen LogP contribution in [0, 0.1) is 11.3 Å². The summed E-state index contributed by atoms with van der Waals surface area (Å²) in [5.41, 5.74) is 0.362. The number of amides is 2. The maximum absolute atomic E-state index is 12.2. The van der Waals surface area contributed by atoms with Gasteiger partial charge >= 0.3 is 12.0 Å². The van der Waals surface area contributed by atoms with Crippen molar-refractivity contribution in [2.45, 2.75) is 65.8 Å². The standard InChI is InChI=1S/C16H30N2O3/c1-5-16(6-2)7-9-18(10-8-16)15(21)17-13(14(19)20)11-12(3)4/h12-13H,5-11H2,1-4H3,(H,17,21)(H,19,20)/t13-/m1/s1. The van der Waals surface area contributed by atoms with Crippen molar-refractivity contribution in [1.29, 1.82) is 0 Å². The number of piperidine rings is 1. The highest BCUT2D eigenvalue weighted by Crippen LogP contribution is 2.37. The molecule has 0 aromatic rings. The summed E-state index contributed by atoms with van der Waals surface area (Å²) in [6.45, 7) is 9.79. The van der Waals surface area contributed by atoms with Gasteiger partial charge in [0.1, 0.15) is 6.04 Å². The summed E-state index contributed by atoms with van der Waals surface area (Å²) in [6, 6.07) is -1.02. The van der Waals surface area contributed by atoms with Crippen LogP contribution < -0.4 is 5.32 Å². The molecule has 21 heavy (non-hydrogen) atoms. The second-order valence-electron chi connectivity index (χ2n) is 6.66. The largest absolute Gasteiger partial charge is 0.480 e. The van der Waals surface area contributed by atoms with Crippen LogP contribution in [0.4, 0.5) is 4.79 Å². The zero-order valence-corrected chi connectivity index (χ0v) is 13.8. The minimum absolute atomic E-state index is 0.233. The summed E-state index contributed by atoms with van der Waals surface area (Å²) in [6.07, 6.45) is 4.77. The van der Waals surface area contributed by atoms with Gasteiger partial charge in [0.05, 0.1) is 0 Å². The molecule has 0 radical (unpaired) electrons. The van der Waals surface area contributed by atoms with Crippen LogP contribution in [0.1, 0.15) is 59.8 Å². The van der Waals surface area contributed by atoms with Gasteiger partial charge in [-0.2, -0.15) is 0 Å². The van der Waals surface area contributed by atoms with Crippen LogP contribution in [0.5, 0.6) is 0 Å². The van der Waals surface area contributed by atoms with E-state index >= 15 is 0 Å². The number of carbonyl (C=O) groups is 2. The average molecular weight is 298 g/mol. The van der Waals surface area contributed by atoms with Gasteiger partial charge in [-0.05, 0) is 30.6 Å². The van der Waals surface area contributed by atoms with Crippen molar-refractivity contribution in [2.75, 3.05) is 13.1 Å². The zero-order valence-electron chi connectivity index (χ0n) is 13.8. The summed E-state index contributed by atoms with van der Waals surface area (Å²) < 4.78 is 0. The predicted octanol–water partition coefficient (Wildman–Crippen LogP) is 3.10. The molecule has 5 heteroatoms. The summed E-state index contributed by atoms with van der Waals surface area (Å²) in [7, 11) is 0. The lowest BCUT2D eigenvalue weighted by Gasteiger charge is -2.41. The zero-order chi connectivity index (χ0) is 16.0. The Kier molecular flexibility index (Phi) is 6.49. The molecule has 1 aliphatic heterocycles. The molecule has 0 aromatic carbocycles. The molecule has 1 rings (SSSR count). The second-order valence-corrected chi connectivity index (χ2v) is 6.66. The molecule has 1 aliphatic rings. The van der Waals surface area contributed by atoms with Gasteiger partial charge in [-0.15, -0.1) is 0 Å². The Bertz CT molecular complexity index is 355. The molecule has 1 saturated heterocycles. The van der Waals surface area contributed by atoms with Gasteiger partial charge < -0.3 is 15.3 Å². The highest BCUT2D eigenvalue weighted by Gasteiger charge is 2.33. The van der Waals surface area contributed by atoms with Gasteiger partial charge in [0.2, 0.25) is 0 Å². The lowest BCUT2D eigenvalue weighted by atomic mass is 9.74. The van der Waals surface area contributed by atoms with Crippen molar-refractivity contribution in [3.8, 4) is 0 Å². The van der Waals surface area contributed by atoms with Crippen LogP contribution in [0.2, 0.25) is 0 Å². The fourth-order valence-electron chi connectivity index (χ4n) is 3.07. The van der Waals surface area contributed by atoms with Crippen LogP contribution >= 0.6 is 0 Å². The van der Waals surface area contributed by atoms with Crippen LogP contribution in [-0.4, -0.2) is 41.1 Å². The smallest absolute Gasteiger partial charge is 0.326 e. The molecule has 0 unspecified atom stereocenters. The van der Waals surface area contributed by atoms with E-state index in [1.54, 1.807) is 4.90 Å². The summed E-state index contributed by atoms with van der Waals surface area (Å²) in [4.78, 5) is 25.2. The summed E-state index contributed by atoms with van der Waals surface area (Å²) in [5.74, 6) is -0.717.